The predicted molar refractivity (Wildman–Crippen MR) is 84.3 cm³/mol. The van der Waals surface area contributed by atoms with Gasteiger partial charge in [-0.15, -0.1) is 0 Å². The van der Waals surface area contributed by atoms with Crippen LogP contribution in [0.1, 0.15) is 50.7 Å². The minimum absolute atomic E-state index is 0.00696. The molecular formula is C19H20FN. The fraction of sp³-hybridized carbons (Fsp3) is 0.368. The summed E-state index contributed by atoms with van der Waals surface area (Å²) in [7, 11) is 0. The van der Waals surface area contributed by atoms with Gasteiger partial charge in [-0.1, -0.05) is 29.9 Å². The number of benzene rings is 1. The predicted octanol–water partition coefficient (Wildman–Crippen LogP) is 4.68. The van der Waals surface area contributed by atoms with Crippen LogP contribution in [0.4, 0.5) is 4.39 Å². The average molecular weight is 281 g/mol. The summed E-state index contributed by atoms with van der Waals surface area (Å²) in [5, 5.41) is 3.65. The molecule has 0 bridgehead atoms. The van der Waals surface area contributed by atoms with E-state index in [4.69, 9.17) is 0 Å². The van der Waals surface area contributed by atoms with Gasteiger partial charge in [0.2, 0.25) is 0 Å². The van der Waals surface area contributed by atoms with Crippen molar-refractivity contribution in [3.8, 4) is 0 Å². The van der Waals surface area contributed by atoms with Crippen molar-refractivity contribution in [3.05, 3.63) is 63.6 Å². The second-order valence-corrected chi connectivity index (χ2v) is 7.03. The highest BCUT2D eigenvalue weighted by Crippen LogP contribution is 2.49. The van der Waals surface area contributed by atoms with Gasteiger partial charge in [-0.05, 0) is 50.0 Å². The van der Waals surface area contributed by atoms with E-state index in [9.17, 15) is 4.39 Å². The Labute approximate surface area is 125 Å². The number of rotatable bonds is 0. The second-order valence-electron chi connectivity index (χ2n) is 7.03. The van der Waals surface area contributed by atoms with Crippen molar-refractivity contribution in [2.24, 2.45) is 0 Å². The van der Waals surface area contributed by atoms with E-state index in [1.807, 2.05) is 12.1 Å². The van der Waals surface area contributed by atoms with Crippen molar-refractivity contribution in [2.45, 2.75) is 45.1 Å². The van der Waals surface area contributed by atoms with Crippen LogP contribution in [-0.2, 0) is 0 Å². The Hall–Kier alpha value is -1.83. The van der Waals surface area contributed by atoms with Gasteiger partial charge < -0.3 is 5.32 Å². The molecular weight excluding hydrogens is 261 g/mol. The van der Waals surface area contributed by atoms with Crippen molar-refractivity contribution < 1.29 is 4.39 Å². The maximum Gasteiger partial charge on any atom is 0.127 e. The number of hydrogen-bond donors (Lipinski definition) is 1. The van der Waals surface area contributed by atoms with Gasteiger partial charge in [0.25, 0.3) is 0 Å². The van der Waals surface area contributed by atoms with Crippen LogP contribution < -0.4 is 5.32 Å². The zero-order valence-corrected chi connectivity index (χ0v) is 12.8. The van der Waals surface area contributed by atoms with Crippen LogP contribution in [0.5, 0.6) is 0 Å². The third-order valence-corrected chi connectivity index (χ3v) is 4.90. The summed E-state index contributed by atoms with van der Waals surface area (Å²) in [6.45, 7) is 6.58. The largest absolute Gasteiger partial charge is 0.379 e. The molecule has 1 nitrogen and oxygen atoms in total. The number of allylic oxidation sites excluding steroid dienone is 3. The zero-order valence-electron chi connectivity index (χ0n) is 12.8. The molecule has 21 heavy (non-hydrogen) atoms. The fourth-order valence-corrected chi connectivity index (χ4v) is 4.15. The summed E-state index contributed by atoms with van der Waals surface area (Å²) in [5.41, 5.74) is 7.38. The molecule has 0 saturated carbocycles. The molecule has 0 radical (unpaired) electrons. The van der Waals surface area contributed by atoms with Crippen molar-refractivity contribution >= 4 is 6.08 Å². The average Bonchev–Trinajstić information content (AvgIpc) is 2.74. The van der Waals surface area contributed by atoms with Crippen LogP contribution >= 0.6 is 0 Å². The molecule has 2 aliphatic carbocycles. The highest BCUT2D eigenvalue weighted by atomic mass is 19.1. The van der Waals surface area contributed by atoms with E-state index in [0.29, 0.717) is 0 Å². The number of hydrogen-bond acceptors (Lipinski definition) is 1. The Bertz CT molecular complexity index is 734. The highest BCUT2D eigenvalue weighted by molar-refractivity contribution is 5.69. The molecule has 1 aromatic carbocycles. The van der Waals surface area contributed by atoms with E-state index in [1.165, 1.54) is 22.4 Å². The fourth-order valence-electron chi connectivity index (χ4n) is 4.15. The molecule has 4 rings (SSSR count). The van der Waals surface area contributed by atoms with Crippen molar-refractivity contribution in [1.82, 2.24) is 5.32 Å². The van der Waals surface area contributed by atoms with Gasteiger partial charge in [0.1, 0.15) is 5.82 Å². The first-order chi connectivity index (χ1) is 9.94. The molecule has 1 aromatic rings. The van der Waals surface area contributed by atoms with E-state index in [2.05, 4.69) is 38.2 Å². The molecule has 108 valence electrons. The topological polar surface area (TPSA) is 12.0 Å². The van der Waals surface area contributed by atoms with Crippen LogP contribution in [0, 0.1) is 5.82 Å². The first kappa shape index (κ1) is 12.9. The van der Waals surface area contributed by atoms with Gasteiger partial charge in [-0.25, -0.2) is 4.39 Å². The standard InChI is InChI=1S/C19H20FN/c1-11-10-19(2,3)21-17-8-13-7-12-5-4-6-16(20)18(12)15(13)9-14(11)17/h4-7,10,15,21H,8-9H2,1-3H3. The lowest BCUT2D eigenvalue weighted by Crippen LogP contribution is -2.41. The molecule has 0 aromatic heterocycles. The Morgan fingerprint density at radius 1 is 1.29 bits per heavy atom. The Morgan fingerprint density at radius 3 is 2.90 bits per heavy atom. The van der Waals surface area contributed by atoms with Crippen LogP contribution in [0.3, 0.4) is 0 Å². The van der Waals surface area contributed by atoms with E-state index in [1.54, 1.807) is 6.07 Å². The highest BCUT2D eigenvalue weighted by Gasteiger charge is 2.36. The van der Waals surface area contributed by atoms with Crippen molar-refractivity contribution in [1.29, 1.82) is 0 Å². The number of dihydropyridines is 1. The summed E-state index contributed by atoms with van der Waals surface area (Å²) in [4.78, 5) is 0. The van der Waals surface area contributed by atoms with Crippen LogP contribution in [0.2, 0.25) is 0 Å². The van der Waals surface area contributed by atoms with Crippen molar-refractivity contribution in [2.75, 3.05) is 0 Å². The SMILES string of the molecule is CC1=CC(C)(C)NC2=C1CC1C(=Cc3cccc(F)c31)C2. The monoisotopic (exact) mass is 281 g/mol. The summed E-state index contributed by atoms with van der Waals surface area (Å²) < 4.78 is 14.2. The minimum Gasteiger partial charge on any atom is -0.379 e. The minimum atomic E-state index is -0.0569. The van der Waals surface area contributed by atoms with Gasteiger partial charge in [-0.3, -0.25) is 0 Å². The molecule has 1 unspecified atom stereocenters. The Balaban J connectivity index is 1.78. The summed E-state index contributed by atoms with van der Waals surface area (Å²) in [6.07, 6.45) is 6.32. The molecule has 0 spiro atoms. The van der Waals surface area contributed by atoms with Crippen LogP contribution in [0.15, 0.2) is 46.7 Å². The molecule has 0 saturated heterocycles. The number of halogens is 1. The molecule has 1 N–H and O–H groups in total. The summed E-state index contributed by atoms with van der Waals surface area (Å²) in [6, 6.07) is 5.43. The van der Waals surface area contributed by atoms with E-state index in [-0.39, 0.29) is 17.3 Å². The normalized spacial score (nSPS) is 25.4. The first-order valence-electron chi connectivity index (χ1n) is 7.63. The van der Waals surface area contributed by atoms with Gasteiger partial charge in [0.15, 0.2) is 0 Å². The molecule has 1 atom stereocenters. The Morgan fingerprint density at radius 2 is 2.10 bits per heavy atom. The third-order valence-electron chi connectivity index (χ3n) is 4.90. The van der Waals surface area contributed by atoms with E-state index >= 15 is 0 Å². The number of fused-ring (bicyclic) bond motifs is 3. The smallest absolute Gasteiger partial charge is 0.127 e. The van der Waals surface area contributed by atoms with Gasteiger partial charge in [-0.2, -0.15) is 0 Å². The van der Waals surface area contributed by atoms with Gasteiger partial charge in [0, 0.05) is 23.6 Å². The van der Waals surface area contributed by atoms with Gasteiger partial charge in [0.05, 0.1) is 5.54 Å². The Kier molecular flexibility index (Phi) is 2.51. The van der Waals surface area contributed by atoms with Gasteiger partial charge >= 0.3 is 0 Å². The maximum absolute atomic E-state index is 14.2. The number of nitrogens with one attached hydrogen (secondary N) is 1. The molecule has 2 heteroatoms. The maximum atomic E-state index is 14.2. The molecule has 1 aliphatic heterocycles. The third kappa shape index (κ3) is 1.89. The summed E-state index contributed by atoms with van der Waals surface area (Å²) >= 11 is 0. The molecule has 0 fully saturated rings. The lowest BCUT2D eigenvalue weighted by atomic mass is 9.76. The molecule has 3 aliphatic rings. The van der Waals surface area contributed by atoms with E-state index < -0.39 is 0 Å². The molecule has 1 heterocycles. The van der Waals surface area contributed by atoms with Crippen LogP contribution in [-0.4, -0.2) is 5.54 Å². The lowest BCUT2D eigenvalue weighted by molar-refractivity contribution is 0.488. The quantitative estimate of drug-likeness (QED) is 0.728. The first-order valence-corrected chi connectivity index (χ1v) is 7.63. The second kappa shape index (κ2) is 4.09. The zero-order chi connectivity index (χ0) is 14.8. The van der Waals surface area contributed by atoms with Crippen LogP contribution in [0.25, 0.3) is 6.08 Å². The molecule has 0 amide bonds. The van der Waals surface area contributed by atoms with Crippen molar-refractivity contribution in [3.63, 3.8) is 0 Å². The van der Waals surface area contributed by atoms with E-state index in [0.717, 1.165) is 24.0 Å². The summed E-state index contributed by atoms with van der Waals surface area (Å²) in [5.74, 6) is 0.171. The lowest BCUT2D eigenvalue weighted by Gasteiger charge is -2.38.